The molecule has 10 heteroatoms. The van der Waals surface area contributed by atoms with Crippen LogP contribution in [-0.4, -0.2) is 49.1 Å². The van der Waals surface area contributed by atoms with E-state index in [-0.39, 0.29) is 39.1 Å². The summed E-state index contributed by atoms with van der Waals surface area (Å²) in [6.07, 6.45) is -2.59. The number of ether oxygens (including phenoxy) is 1. The van der Waals surface area contributed by atoms with Crippen LogP contribution < -0.4 is 10.1 Å². The van der Waals surface area contributed by atoms with E-state index >= 15 is 0 Å². The van der Waals surface area contributed by atoms with Gasteiger partial charge in [0, 0.05) is 25.2 Å². The van der Waals surface area contributed by atoms with E-state index in [9.17, 15) is 22.8 Å². The normalized spacial score (nSPS) is 20.7. The Hall–Kier alpha value is -1.51. The van der Waals surface area contributed by atoms with Crippen molar-refractivity contribution in [3.63, 3.8) is 0 Å². The largest absolute Gasteiger partial charge is 0.491 e. The Bertz CT molecular complexity index is 775. The minimum atomic E-state index is -5.11. The highest BCUT2D eigenvalue weighted by atomic mass is 35.5. The first-order chi connectivity index (χ1) is 13.7. The fourth-order valence-electron chi connectivity index (χ4n) is 3.79. The van der Waals surface area contributed by atoms with Crippen molar-refractivity contribution in [2.45, 2.75) is 31.9 Å². The molecule has 0 spiro atoms. The number of rotatable bonds is 4. The predicted molar refractivity (Wildman–Crippen MR) is 102 cm³/mol. The zero-order chi connectivity index (χ0) is 21.2. The van der Waals surface area contributed by atoms with Gasteiger partial charge in [-0.2, -0.15) is 13.2 Å². The molecule has 2 heterocycles. The molecule has 0 bridgehead atoms. The molecule has 1 aromatic rings. The number of hydrogen-bond donors (Lipinski definition) is 1. The van der Waals surface area contributed by atoms with Crippen molar-refractivity contribution >= 4 is 35.1 Å². The van der Waals surface area contributed by atoms with Crippen LogP contribution in [0.2, 0.25) is 10.0 Å². The third kappa shape index (κ3) is 5.35. The number of carbonyl (C=O) groups is 2. The number of benzene rings is 1. The number of hydrogen-bond acceptors (Lipinski definition) is 4. The molecule has 5 nitrogen and oxygen atoms in total. The van der Waals surface area contributed by atoms with E-state index in [4.69, 9.17) is 23.2 Å². The molecule has 3 rings (SSSR count). The highest BCUT2D eigenvalue weighted by Crippen LogP contribution is 2.37. The number of carbonyl (C=O) groups excluding carboxylic acids is 2. The molecule has 2 aliphatic rings. The molecular formula is C19H21Cl2F3N2O3. The molecule has 0 saturated carbocycles. The summed E-state index contributed by atoms with van der Waals surface area (Å²) >= 11 is 12.2. The maximum Gasteiger partial charge on any atom is 0.491 e. The Morgan fingerprint density at radius 3 is 2.45 bits per heavy atom. The van der Waals surface area contributed by atoms with Gasteiger partial charge < -0.3 is 15.0 Å². The fourth-order valence-corrected chi connectivity index (χ4v) is 4.20. The van der Waals surface area contributed by atoms with Crippen LogP contribution in [0.15, 0.2) is 12.1 Å². The summed E-state index contributed by atoms with van der Waals surface area (Å²) in [5, 5.41) is 3.44. The van der Waals surface area contributed by atoms with Gasteiger partial charge in [-0.15, -0.1) is 0 Å². The second-order valence-corrected chi connectivity index (χ2v) is 8.17. The van der Waals surface area contributed by atoms with Gasteiger partial charge >= 0.3 is 12.1 Å². The van der Waals surface area contributed by atoms with Crippen LogP contribution in [0, 0.1) is 11.8 Å². The van der Waals surface area contributed by atoms with Gasteiger partial charge in [-0.05, 0) is 50.3 Å². The zero-order valence-corrected chi connectivity index (χ0v) is 17.0. The van der Waals surface area contributed by atoms with Gasteiger partial charge in [-0.3, -0.25) is 4.79 Å². The highest BCUT2D eigenvalue weighted by molar-refractivity contribution is 6.42. The van der Waals surface area contributed by atoms with Crippen molar-refractivity contribution < 1.29 is 27.5 Å². The number of esters is 1. The minimum absolute atomic E-state index is 0.0160. The summed E-state index contributed by atoms with van der Waals surface area (Å²) in [4.78, 5) is 25.6. The van der Waals surface area contributed by atoms with E-state index < -0.39 is 12.1 Å². The van der Waals surface area contributed by atoms with Crippen LogP contribution in [0.5, 0.6) is 5.75 Å². The Balaban J connectivity index is 1.66. The molecule has 0 aromatic heterocycles. The van der Waals surface area contributed by atoms with Crippen molar-refractivity contribution in [1.29, 1.82) is 0 Å². The Kier molecular flexibility index (Phi) is 6.96. The molecule has 2 fully saturated rings. The summed E-state index contributed by atoms with van der Waals surface area (Å²) in [6, 6.07) is 2.52. The lowest BCUT2D eigenvalue weighted by molar-refractivity contribution is -0.189. The number of piperidine rings is 1. The second-order valence-electron chi connectivity index (χ2n) is 7.39. The van der Waals surface area contributed by atoms with Crippen LogP contribution >= 0.6 is 23.2 Å². The topological polar surface area (TPSA) is 58.6 Å². The number of halogens is 5. The monoisotopic (exact) mass is 452 g/mol. The highest BCUT2D eigenvalue weighted by Gasteiger charge is 2.42. The summed E-state index contributed by atoms with van der Waals surface area (Å²) in [5.41, 5.74) is 0.279. The minimum Gasteiger partial charge on any atom is -0.420 e. The summed E-state index contributed by atoms with van der Waals surface area (Å²) in [6.45, 7) is 2.70. The molecular weight excluding hydrogens is 432 g/mol. The molecule has 1 aromatic carbocycles. The molecule has 0 radical (unpaired) electrons. The van der Waals surface area contributed by atoms with Gasteiger partial charge in [0.1, 0.15) is 5.75 Å². The van der Waals surface area contributed by atoms with Crippen molar-refractivity contribution in [2.24, 2.45) is 11.8 Å². The number of likely N-dealkylation sites (tertiary alicyclic amines) is 1. The first kappa shape index (κ1) is 22.2. The summed E-state index contributed by atoms with van der Waals surface area (Å²) in [5.74, 6) is -2.30. The molecule has 1 N–H and O–H groups in total. The molecule has 2 saturated heterocycles. The lowest BCUT2D eigenvalue weighted by Gasteiger charge is -2.34. The summed E-state index contributed by atoms with van der Waals surface area (Å²) < 4.78 is 42.3. The number of amides is 1. The number of nitrogens with zero attached hydrogens (tertiary/aromatic N) is 1. The molecule has 2 aliphatic heterocycles. The molecule has 29 heavy (non-hydrogen) atoms. The smallest absolute Gasteiger partial charge is 0.420 e. The quantitative estimate of drug-likeness (QED) is 0.556. The number of alkyl halides is 3. The van der Waals surface area contributed by atoms with Crippen molar-refractivity contribution in [2.75, 3.05) is 26.2 Å². The van der Waals surface area contributed by atoms with E-state index in [1.54, 1.807) is 0 Å². The first-order valence-electron chi connectivity index (χ1n) is 9.42. The van der Waals surface area contributed by atoms with E-state index in [1.807, 2.05) is 4.90 Å². The third-order valence-corrected chi connectivity index (χ3v) is 6.26. The lowest BCUT2D eigenvalue weighted by atomic mass is 9.89. The van der Waals surface area contributed by atoms with Crippen molar-refractivity contribution in [3.8, 4) is 5.75 Å². The van der Waals surface area contributed by atoms with Gasteiger partial charge in [-0.25, -0.2) is 4.79 Å². The van der Waals surface area contributed by atoms with Crippen molar-refractivity contribution in [3.05, 3.63) is 27.7 Å². The Labute approximate surface area is 176 Å². The third-order valence-electron chi connectivity index (χ3n) is 5.42. The fraction of sp³-hybridized carbons (Fsp3) is 0.579. The van der Waals surface area contributed by atoms with Crippen LogP contribution in [0.25, 0.3) is 0 Å². The predicted octanol–water partition coefficient (Wildman–Crippen LogP) is 3.85. The standard InChI is InChI=1S/C19H21Cl2F3N2O3/c20-14-1-2-15(29-18(28)19(22,23)24)13(16(14)21)9-11-4-7-26(8-5-11)17(27)12-3-6-25-10-12/h1-2,11-12,25H,3-10H2/t12-/m1/s1. The Morgan fingerprint density at radius 2 is 1.86 bits per heavy atom. The molecule has 1 amide bonds. The molecule has 0 aliphatic carbocycles. The first-order valence-corrected chi connectivity index (χ1v) is 10.2. The Morgan fingerprint density at radius 1 is 1.17 bits per heavy atom. The zero-order valence-electron chi connectivity index (χ0n) is 15.5. The molecule has 160 valence electrons. The van der Waals surface area contributed by atoms with Crippen LogP contribution in [0.4, 0.5) is 13.2 Å². The van der Waals surface area contributed by atoms with E-state index in [0.29, 0.717) is 38.9 Å². The van der Waals surface area contributed by atoms with E-state index in [2.05, 4.69) is 10.1 Å². The maximum absolute atomic E-state index is 12.6. The van der Waals surface area contributed by atoms with Crippen LogP contribution in [-0.2, 0) is 16.0 Å². The van der Waals surface area contributed by atoms with Gasteiger partial charge in [0.2, 0.25) is 5.91 Å². The summed E-state index contributed by atoms with van der Waals surface area (Å²) in [7, 11) is 0. The van der Waals surface area contributed by atoms with Gasteiger partial charge in [0.25, 0.3) is 0 Å². The van der Waals surface area contributed by atoms with Crippen molar-refractivity contribution in [1.82, 2.24) is 10.2 Å². The average Bonchev–Trinajstić information content (AvgIpc) is 3.21. The average molecular weight is 453 g/mol. The lowest BCUT2D eigenvalue weighted by Crippen LogP contribution is -2.42. The maximum atomic E-state index is 12.6. The molecule has 1 atom stereocenters. The molecule has 0 unspecified atom stereocenters. The van der Waals surface area contributed by atoms with E-state index in [0.717, 1.165) is 13.0 Å². The number of nitrogens with one attached hydrogen (secondary N) is 1. The van der Waals surface area contributed by atoms with Gasteiger partial charge in [-0.1, -0.05) is 23.2 Å². The van der Waals surface area contributed by atoms with Gasteiger partial charge in [0.05, 0.1) is 16.0 Å². The van der Waals surface area contributed by atoms with Crippen LogP contribution in [0.3, 0.4) is 0 Å². The van der Waals surface area contributed by atoms with E-state index in [1.165, 1.54) is 12.1 Å². The van der Waals surface area contributed by atoms with Crippen LogP contribution in [0.1, 0.15) is 24.8 Å². The second kappa shape index (κ2) is 9.10. The van der Waals surface area contributed by atoms with Gasteiger partial charge in [0.15, 0.2) is 0 Å². The SMILES string of the molecule is O=C([C@@H]1CCNC1)N1CCC(Cc2c(OC(=O)C(F)(F)F)ccc(Cl)c2Cl)CC1.